The number of hydrogen-bond donors (Lipinski definition) is 0. The van der Waals surface area contributed by atoms with Gasteiger partial charge in [-0.25, -0.2) is 0 Å². The first-order valence-electron chi connectivity index (χ1n) is 15.1. The second-order valence-electron chi connectivity index (χ2n) is 7.67. The third kappa shape index (κ3) is 3.90. The molecule has 172 valence electrons. The first-order valence-corrected chi connectivity index (χ1v) is 10.0. The molecular weight excluding hydrogens is 432 g/mol. The third-order valence-electron chi connectivity index (χ3n) is 5.30. The van der Waals surface area contributed by atoms with E-state index in [1.165, 1.54) is 0 Å². The standard InChI is InChI=1S/C19H14N2O5.C8H10/c1-20-16(23)11-5-3-9(7-13(11)18(20)25)15(22)10-4-6-12-14(8-10)19(26)21(2)17(12)24;1-7-3-5-8(2)6-4-7/h3-7,14H,8H2,1-2H3;3-6H,1-2H3/i3D,4D,5D,6D,7D,8D;3D,4D,5D,6D. The first kappa shape index (κ1) is 13.5. The molecule has 0 N–H and O–H groups in total. The molecule has 3 aliphatic rings. The van der Waals surface area contributed by atoms with Gasteiger partial charge in [0.05, 0.1) is 29.4 Å². The molecule has 34 heavy (non-hydrogen) atoms. The highest BCUT2D eigenvalue weighted by molar-refractivity contribution is 6.22. The maximum absolute atomic E-state index is 13.3. The van der Waals surface area contributed by atoms with Gasteiger partial charge in [-0.05, 0) is 32.3 Å². The van der Waals surface area contributed by atoms with Crippen LogP contribution in [0.5, 0.6) is 0 Å². The van der Waals surface area contributed by atoms with Crippen LogP contribution in [0.25, 0.3) is 0 Å². The number of amides is 4. The Labute approximate surface area is 211 Å². The van der Waals surface area contributed by atoms with Gasteiger partial charge in [0.25, 0.3) is 17.7 Å². The van der Waals surface area contributed by atoms with Gasteiger partial charge in [-0.15, -0.1) is 0 Å². The number of hydrogen-bond acceptors (Lipinski definition) is 5. The number of carbonyl (C=O) groups is 5. The third-order valence-corrected chi connectivity index (χ3v) is 5.30. The molecule has 0 spiro atoms. The molecule has 2 atom stereocenters. The minimum Gasteiger partial charge on any atom is -0.289 e. The molecule has 7 heteroatoms. The van der Waals surface area contributed by atoms with Crippen molar-refractivity contribution in [2.24, 2.45) is 5.92 Å². The summed E-state index contributed by atoms with van der Waals surface area (Å²) < 4.78 is 79.0. The highest BCUT2D eigenvalue weighted by atomic mass is 16.2. The Bertz CT molecular complexity index is 1730. The molecule has 7 nitrogen and oxygen atoms in total. The van der Waals surface area contributed by atoms with Crippen LogP contribution in [-0.2, 0) is 9.59 Å². The van der Waals surface area contributed by atoms with Crippen LogP contribution in [0.15, 0.2) is 65.5 Å². The van der Waals surface area contributed by atoms with Gasteiger partial charge in [0.2, 0.25) is 5.91 Å². The maximum Gasteiger partial charge on any atom is 0.261 e. The van der Waals surface area contributed by atoms with E-state index in [0.717, 1.165) is 14.1 Å². The van der Waals surface area contributed by atoms with E-state index < -0.39 is 94.2 Å². The SMILES string of the molecule is [2H]C1=C(C(=O)c2c([2H])c([2H])c3c(c2[2H])C(=O)N(C)C3=O)C([2H])C2C(=O)N(C)C(=O)C2=C1[2H].[2H]c1c([2H])c(C)c([2H])c([2H])c1C. The number of likely N-dealkylation sites (tertiary alicyclic amines) is 1. The highest BCUT2D eigenvalue weighted by Gasteiger charge is 2.43. The summed E-state index contributed by atoms with van der Waals surface area (Å²) in [5.41, 5.74) is -2.08. The molecule has 1 aliphatic carbocycles. The number of Topliss-reactive ketones (excluding diaryl/α,β-unsaturated/α-hetero) is 1. The van der Waals surface area contributed by atoms with E-state index in [2.05, 4.69) is 0 Å². The lowest BCUT2D eigenvalue weighted by Crippen LogP contribution is -2.26. The number of imide groups is 2. The second kappa shape index (κ2) is 8.67. The molecule has 1 fully saturated rings. The number of benzene rings is 2. The smallest absolute Gasteiger partial charge is 0.261 e. The van der Waals surface area contributed by atoms with Crippen LogP contribution in [0.4, 0.5) is 0 Å². The van der Waals surface area contributed by atoms with E-state index in [9.17, 15) is 24.0 Å². The van der Waals surface area contributed by atoms with E-state index in [1.54, 1.807) is 13.8 Å². The van der Waals surface area contributed by atoms with E-state index in [0.29, 0.717) is 20.9 Å². The topological polar surface area (TPSA) is 91.8 Å². The van der Waals surface area contributed by atoms with E-state index in [-0.39, 0.29) is 29.7 Å². The molecular formula is C27H24N2O5. The van der Waals surface area contributed by atoms with Crippen LogP contribution in [0.3, 0.4) is 0 Å². The molecule has 4 amide bonds. The van der Waals surface area contributed by atoms with Crippen LogP contribution in [0.1, 0.15) is 62.3 Å². The zero-order chi connectivity index (χ0) is 33.4. The van der Waals surface area contributed by atoms with Crippen molar-refractivity contribution < 1.29 is 37.7 Å². The highest BCUT2D eigenvalue weighted by Crippen LogP contribution is 2.35. The lowest BCUT2D eigenvalue weighted by atomic mass is 9.85. The number of allylic oxidation sites excluding steroid dienone is 3. The van der Waals surface area contributed by atoms with Crippen LogP contribution in [-0.4, -0.2) is 53.3 Å². The molecule has 2 aromatic carbocycles. The fourth-order valence-electron chi connectivity index (χ4n) is 3.35. The second-order valence-corrected chi connectivity index (χ2v) is 7.67. The van der Waals surface area contributed by atoms with Crippen molar-refractivity contribution in [3.63, 3.8) is 0 Å². The summed E-state index contributed by atoms with van der Waals surface area (Å²) in [7, 11) is 2.27. The predicted octanol–water partition coefficient (Wildman–Crippen LogP) is 3.27. The molecule has 2 heterocycles. The number of fused-ring (bicyclic) bond motifs is 2. The van der Waals surface area contributed by atoms with Crippen molar-refractivity contribution in [2.75, 3.05) is 14.1 Å². The van der Waals surface area contributed by atoms with Gasteiger partial charge >= 0.3 is 0 Å². The number of rotatable bonds is 2. The van der Waals surface area contributed by atoms with Crippen molar-refractivity contribution in [3.8, 4) is 0 Å². The average Bonchev–Trinajstić information content (AvgIpc) is 3.35. The molecule has 0 radical (unpaired) electrons. The number of ketones is 1. The van der Waals surface area contributed by atoms with Gasteiger partial charge < -0.3 is 0 Å². The van der Waals surface area contributed by atoms with Crippen molar-refractivity contribution in [2.45, 2.75) is 20.2 Å². The molecule has 0 bridgehead atoms. The number of carbonyl (C=O) groups excluding carboxylic acids is 5. The maximum atomic E-state index is 13.3. The monoisotopic (exact) mass is 466 g/mol. The quantitative estimate of drug-likeness (QED) is 0.500. The van der Waals surface area contributed by atoms with Gasteiger partial charge in [-0.2, -0.15) is 0 Å². The summed E-state index contributed by atoms with van der Waals surface area (Å²) in [6.45, 7) is 3.19. The van der Waals surface area contributed by atoms with E-state index >= 15 is 0 Å². The first-order chi connectivity index (χ1) is 20.3. The molecule has 2 unspecified atom stereocenters. The Balaban J connectivity index is 0.000000309. The van der Waals surface area contributed by atoms with Crippen molar-refractivity contribution >= 4 is 29.4 Å². The minimum atomic E-state index is -1.78. The van der Waals surface area contributed by atoms with Gasteiger partial charge in [-0.3, -0.25) is 33.8 Å². The summed E-state index contributed by atoms with van der Waals surface area (Å²) in [5, 5.41) is 0. The van der Waals surface area contributed by atoms with Gasteiger partial charge in [-0.1, -0.05) is 53.4 Å². The Hall–Kier alpha value is -4.13. The van der Waals surface area contributed by atoms with E-state index in [4.69, 9.17) is 13.7 Å². The summed E-state index contributed by atoms with van der Waals surface area (Å²) >= 11 is 0. The molecule has 1 saturated heterocycles. The van der Waals surface area contributed by atoms with Gasteiger partial charge in [0, 0.05) is 32.2 Å². The molecule has 2 aromatic rings. The predicted molar refractivity (Wildman–Crippen MR) is 125 cm³/mol. The van der Waals surface area contributed by atoms with Crippen LogP contribution in [0, 0.1) is 19.8 Å². The largest absolute Gasteiger partial charge is 0.289 e. The lowest BCUT2D eigenvalue weighted by molar-refractivity contribution is -0.137. The van der Waals surface area contributed by atoms with Crippen LogP contribution in [0.2, 0.25) is 0 Å². The molecule has 0 aromatic heterocycles. The van der Waals surface area contributed by atoms with Crippen molar-refractivity contribution in [3.05, 3.63) is 93.4 Å². The lowest BCUT2D eigenvalue weighted by Gasteiger charge is -2.15. The Morgan fingerprint density at radius 2 is 1.44 bits per heavy atom. The zero-order valence-electron chi connectivity index (χ0n) is 28.6. The fraction of sp³-hybridized carbons (Fsp3) is 0.222. The summed E-state index contributed by atoms with van der Waals surface area (Å²) in [5.74, 6) is -6.27. The Morgan fingerprint density at radius 3 is 2.06 bits per heavy atom. The zero-order valence-corrected chi connectivity index (χ0v) is 18.6. The van der Waals surface area contributed by atoms with E-state index in [1.807, 2.05) is 0 Å². The Morgan fingerprint density at radius 1 is 0.853 bits per heavy atom. The minimum absolute atomic E-state index is 0.0634. The Kier molecular flexibility index (Phi) is 3.45. The normalized spacial score (nSPS) is 25.6. The number of nitrogens with zero attached hydrogens (tertiary/aromatic N) is 2. The summed E-state index contributed by atoms with van der Waals surface area (Å²) in [6.07, 6.45) is -1.78. The molecule has 5 rings (SSSR count). The average molecular weight is 467 g/mol. The summed E-state index contributed by atoms with van der Waals surface area (Å²) in [6, 6.07) is -3.71. The fourth-order valence-corrected chi connectivity index (χ4v) is 3.35. The summed E-state index contributed by atoms with van der Waals surface area (Å²) in [4.78, 5) is 64.1. The molecule has 2 aliphatic heterocycles. The van der Waals surface area contributed by atoms with Gasteiger partial charge in [0.1, 0.15) is 0 Å². The van der Waals surface area contributed by atoms with Gasteiger partial charge in [0.15, 0.2) is 5.78 Å². The van der Waals surface area contributed by atoms with Crippen molar-refractivity contribution in [1.82, 2.24) is 9.80 Å². The van der Waals surface area contributed by atoms with Crippen molar-refractivity contribution in [1.29, 1.82) is 0 Å². The number of likely N-dealkylation sites (N-methyl/N-ethyl adjacent to an activating group) is 1. The molecule has 0 saturated carbocycles. The van der Waals surface area contributed by atoms with Crippen LogP contribution < -0.4 is 0 Å². The van der Waals surface area contributed by atoms with Crippen LogP contribution >= 0.6 is 0 Å².